The van der Waals surface area contributed by atoms with Crippen LogP contribution < -0.4 is 0 Å². The largest absolute Gasteiger partial charge is 0.297 e. The molecule has 20 heavy (non-hydrogen) atoms. The van der Waals surface area contributed by atoms with Gasteiger partial charge in [0.15, 0.2) is 5.78 Å². The Bertz CT molecular complexity index is 442. The number of carbonyl (C=O) groups is 1. The highest BCUT2D eigenvalue weighted by Crippen LogP contribution is 2.30. The number of hydrogen-bond acceptors (Lipinski definition) is 3. The Balaban J connectivity index is 2.13. The fourth-order valence-electron chi connectivity index (χ4n) is 3.43. The van der Waals surface area contributed by atoms with E-state index in [-0.39, 0.29) is 5.54 Å². The predicted octanol–water partition coefficient (Wildman–Crippen LogP) is 2.67. The zero-order valence-electron chi connectivity index (χ0n) is 13.1. The van der Waals surface area contributed by atoms with Crippen molar-refractivity contribution in [2.75, 3.05) is 13.1 Å². The van der Waals surface area contributed by atoms with Crippen molar-refractivity contribution in [3.63, 3.8) is 0 Å². The number of aromatic nitrogens is 2. The van der Waals surface area contributed by atoms with E-state index in [9.17, 15) is 4.79 Å². The number of nitrogens with zero attached hydrogens (tertiary/aromatic N) is 3. The van der Waals surface area contributed by atoms with Gasteiger partial charge in [0.1, 0.15) is 0 Å². The van der Waals surface area contributed by atoms with E-state index in [4.69, 9.17) is 0 Å². The lowest BCUT2D eigenvalue weighted by atomic mass is 9.83. The lowest BCUT2D eigenvalue weighted by Gasteiger charge is -2.39. The van der Waals surface area contributed by atoms with Crippen LogP contribution in [0.1, 0.15) is 52.0 Å². The average molecular weight is 277 g/mol. The molecule has 1 saturated heterocycles. The second-order valence-corrected chi connectivity index (χ2v) is 5.74. The number of Topliss-reactive ketones (excluding diaryl/α,β-unsaturated/α-hetero) is 1. The SMILES string of the molecule is CCn1cc(CC(=O)C(CC)(CC)N2CCCC2)cn1. The predicted molar refractivity (Wildman–Crippen MR) is 80.7 cm³/mol. The third-order valence-electron chi connectivity index (χ3n) is 4.78. The summed E-state index contributed by atoms with van der Waals surface area (Å²) in [5.41, 5.74) is 0.785. The highest BCUT2D eigenvalue weighted by molar-refractivity contribution is 5.90. The van der Waals surface area contributed by atoms with Gasteiger partial charge in [0.2, 0.25) is 0 Å². The lowest BCUT2D eigenvalue weighted by molar-refractivity contribution is -0.130. The Labute approximate surface area is 122 Å². The zero-order chi connectivity index (χ0) is 14.6. The van der Waals surface area contributed by atoms with Crippen LogP contribution in [0.15, 0.2) is 12.4 Å². The molecule has 0 aliphatic carbocycles. The Morgan fingerprint density at radius 1 is 1.25 bits per heavy atom. The van der Waals surface area contributed by atoms with Crippen LogP contribution in [0.2, 0.25) is 0 Å². The summed E-state index contributed by atoms with van der Waals surface area (Å²) in [6.07, 6.45) is 8.61. The van der Waals surface area contributed by atoms with E-state index in [1.54, 1.807) is 0 Å². The molecule has 0 bridgehead atoms. The summed E-state index contributed by atoms with van der Waals surface area (Å²) in [5, 5.41) is 4.27. The number of ketones is 1. The standard InChI is InChI=1S/C16H27N3O/c1-4-16(5-2,18-9-7-8-10-18)15(20)11-14-12-17-19(6-3)13-14/h12-13H,4-11H2,1-3H3. The van der Waals surface area contributed by atoms with E-state index in [2.05, 4.69) is 30.8 Å². The first-order chi connectivity index (χ1) is 9.66. The molecule has 0 radical (unpaired) electrons. The first kappa shape index (κ1) is 15.2. The van der Waals surface area contributed by atoms with Crippen molar-refractivity contribution in [3.8, 4) is 0 Å². The number of rotatable bonds is 7. The first-order valence-electron chi connectivity index (χ1n) is 7.96. The van der Waals surface area contributed by atoms with Crippen molar-refractivity contribution in [1.82, 2.24) is 14.7 Å². The van der Waals surface area contributed by atoms with Gasteiger partial charge in [0.25, 0.3) is 0 Å². The van der Waals surface area contributed by atoms with E-state index in [0.29, 0.717) is 12.2 Å². The minimum absolute atomic E-state index is 0.259. The summed E-state index contributed by atoms with van der Waals surface area (Å²) in [5.74, 6) is 0.361. The summed E-state index contributed by atoms with van der Waals surface area (Å²) in [4.78, 5) is 15.3. The minimum Gasteiger partial charge on any atom is -0.297 e. The third-order valence-corrected chi connectivity index (χ3v) is 4.78. The molecule has 1 aliphatic rings. The molecule has 1 fully saturated rings. The van der Waals surface area contributed by atoms with Gasteiger partial charge < -0.3 is 0 Å². The Morgan fingerprint density at radius 2 is 1.90 bits per heavy atom. The number of likely N-dealkylation sites (tertiary alicyclic amines) is 1. The first-order valence-corrected chi connectivity index (χ1v) is 7.96. The summed E-state index contributed by atoms with van der Waals surface area (Å²) in [7, 11) is 0. The van der Waals surface area contributed by atoms with Gasteiger partial charge >= 0.3 is 0 Å². The molecule has 0 aromatic carbocycles. The molecule has 2 heterocycles. The van der Waals surface area contributed by atoms with Crippen LogP contribution in [0.5, 0.6) is 0 Å². The highest BCUT2D eigenvalue weighted by atomic mass is 16.1. The zero-order valence-corrected chi connectivity index (χ0v) is 13.1. The molecule has 1 aromatic heterocycles. The smallest absolute Gasteiger partial charge is 0.157 e. The number of aryl methyl sites for hydroxylation is 1. The number of carbonyl (C=O) groups excluding carboxylic acids is 1. The fourth-order valence-corrected chi connectivity index (χ4v) is 3.43. The van der Waals surface area contributed by atoms with Crippen LogP contribution in [0, 0.1) is 0 Å². The fraction of sp³-hybridized carbons (Fsp3) is 0.750. The summed E-state index contributed by atoms with van der Waals surface area (Å²) < 4.78 is 1.89. The quantitative estimate of drug-likeness (QED) is 0.769. The molecule has 0 saturated carbocycles. The molecule has 1 aromatic rings. The van der Waals surface area contributed by atoms with Gasteiger partial charge in [-0.2, -0.15) is 5.10 Å². The van der Waals surface area contributed by atoms with E-state index in [0.717, 1.165) is 38.0 Å². The van der Waals surface area contributed by atoms with Gasteiger partial charge in [-0.25, -0.2) is 0 Å². The van der Waals surface area contributed by atoms with Crippen molar-refractivity contribution in [1.29, 1.82) is 0 Å². The van der Waals surface area contributed by atoms with E-state index >= 15 is 0 Å². The summed E-state index contributed by atoms with van der Waals surface area (Å²) >= 11 is 0. The molecule has 1 aliphatic heterocycles. The van der Waals surface area contributed by atoms with Gasteiger partial charge in [0, 0.05) is 19.2 Å². The molecular formula is C16H27N3O. The van der Waals surface area contributed by atoms with E-state index in [1.165, 1.54) is 12.8 Å². The van der Waals surface area contributed by atoms with Crippen molar-refractivity contribution >= 4 is 5.78 Å². The topological polar surface area (TPSA) is 38.1 Å². The molecule has 0 atom stereocenters. The normalized spacial score (nSPS) is 16.8. The monoisotopic (exact) mass is 277 g/mol. The second kappa shape index (κ2) is 6.53. The van der Waals surface area contributed by atoms with Crippen molar-refractivity contribution < 1.29 is 4.79 Å². The third kappa shape index (κ3) is 2.80. The maximum atomic E-state index is 12.9. The molecule has 4 nitrogen and oxygen atoms in total. The molecule has 2 rings (SSSR count). The summed E-state index contributed by atoms with van der Waals surface area (Å²) in [6.45, 7) is 9.35. The molecular weight excluding hydrogens is 250 g/mol. The van der Waals surface area contributed by atoms with Gasteiger partial charge in [-0.1, -0.05) is 13.8 Å². The van der Waals surface area contributed by atoms with Crippen molar-refractivity contribution in [2.45, 2.75) is 65.0 Å². The maximum absolute atomic E-state index is 12.9. The van der Waals surface area contributed by atoms with Crippen LogP contribution in [-0.4, -0.2) is 39.1 Å². The molecule has 0 amide bonds. The van der Waals surface area contributed by atoms with Crippen molar-refractivity contribution in [3.05, 3.63) is 18.0 Å². The molecule has 112 valence electrons. The minimum atomic E-state index is -0.259. The Kier molecular flexibility index (Phi) is 4.97. The molecule has 0 N–H and O–H groups in total. The van der Waals surface area contributed by atoms with Gasteiger partial charge in [0.05, 0.1) is 11.7 Å². The van der Waals surface area contributed by atoms with Crippen LogP contribution >= 0.6 is 0 Å². The van der Waals surface area contributed by atoms with Crippen LogP contribution in [-0.2, 0) is 17.8 Å². The Morgan fingerprint density at radius 3 is 2.40 bits per heavy atom. The van der Waals surface area contributed by atoms with E-state index in [1.807, 2.05) is 17.1 Å². The van der Waals surface area contributed by atoms with E-state index < -0.39 is 0 Å². The number of hydrogen-bond donors (Lipinski definition) is 0. The highest BCUT2D eigenvalue weighted by Gasteiger charge is 2.41. The average Bonchev–Trinajstić information content (AvgIpc) is 3.12. The van der Waals surface area contributed by atoms with Gasteiger partial charge in [-0.3, -0.25) is 14.4 Å². The maximum Gasteiger partial charge on any atom is 0.157 e. The van der Waals surface area contributed by atoms with Gasteiger partial charge in [-0.05, 0) is 51.3 Å². The Hall–Kier alpha value is -1.16. The molecule has 0 unspecified atom stereocenters. The van der Waals surface area contributed by atoms with Crippen LogP contribution in [0.3, 0.4) is 0 Å². The molecule has 0 spiro atoms. The van der Waals surface area contributed by atoms with Crippen LogP contribution in [0.25, 0.3) is 0 Å². The molecule has 4 heteroatoms. The van der Waals surface area contributed by atoms with Crippen LogP contribution in [0.4, 0.5) is 0 Å². The van der Waals surface area contributed by atoms with Crippen molar-refractivity contribution in [2.24, 2.45) is 0 Å². The summed E-state index contributed by atoms with van der Waals surface area (Å²) in [6, 6.07) is 0. The lowest BCUT2D eigenvalue weighted by Crippen LogP contribution is -2.53. The second-order valence-electron chi connectivity index (χ2n) is 5.74. The van der Waals surface area contributed by atoms with Gasteiger partial charge in [-0.15, -0.1) is 0 Å².